The summed E-state index contributed by atoms with van der Waals surface area (Å²) in [6.45, 7) is 5.50. The van der Waals surface area contributed by atoms with E-state index in [1.165, 1.54) is 0 Å². The smallest absolute Gasteiger partial charge is 0.138 e. The molecule has 0 bridgehead atoms. The molecule has 0 aliphatic heterocycles. The molecule has 1 rings (SSSR count). The molecule has 0 saturated carbocycles. The highest BCUT2D eigenvalue weighted by Crippen LogP contribution is 2.26. The Balaban J connectivity index is 2.62. The van der Waals surface area contributed by atoms with Crippen LogP contribution in [0.15, 0.2) is 18.2 Å². The molecular formula is C13H20ClNO2. The van der Waals surface area contributed by atoms with E-state index in [-0.39, 0.29) is 11.8 Å². The number of hydrogen-bond acceptors (Lipinski definition) is 3. The average molecular weight is 258 g/mol. The van der Waals surface area contributed by atoms with Crippen molar-refractivity contribution < 1.29 is 9.84 Å². The second kappa shape index (κ2) is 6.84. The Bertz CT molecular complexity index is 355. The van der Waals surface area contributed by atoms with Gasteiger partial charge in [0, 0.05) is 25.3 Å². The Morgan fingerprint density at radius 2 is 2.12 bits per heavy atom. The molecule has 1 atom stereocenters. The van der Waals surface area contributed by atoms with Crippen LogP contribution in [0.25, 0.3) is 0 Å². The van der Waals surface area contributed by atoms with E-state index in [2.05, 4.69) is 19.2 Å². The van der Waals surface area contributed by atoms with E-state index in [0.717, 1.165) is 5.56 Å². The van der Waals surface area contributed by atoms with E-state index in [0.29, 0.717) is 24.1 Å². The lowest BCUT2D eigenvalue weighted by molar-refractivity contribution is 0.146. The number of aromatic hydroxyl groups is 1. The highest BCUT2D eigenvalue weighted by molar-refractivity contribution is 6.32. The van der Waals surface area contributed by atoms with Gasteiger partial charge in [-0.1, -0.05) is 37.6 Å². The molecule has 1 unspecified atom stereocenters. The summed E-state index contributed by atoms with van der Waals surface area (Å²) in [6.07, 6.45) is 0. The van der Waals surface area contributed by atoms with E-state index < -0.39 is 0 Å². The third-order valence-electron chi connectivity index (χ3n) is 2.78. The van der Waals surface area contributed by atoms with Gasteiger partial charge in [0.15, 0.2) is 0 Å². The van der Waals surface area contributed by atoms with Crippen LogP contribution in [0.3, 0.4) is 0 Å². The van der Waals surface area contributed by atoms with Crippen molar-refractivity contribution >= 4 is 11.6 Å². The summed E-state index contributed by atoms with van der Waals surface area (Å²) in [4.78, 5) is 0. The van der Waals surface area contributed by atoms with Gasteiger partial charge in [0.1, 0.15) is 5.75 Å². The summed E-state index contributed by atoms with van der Waals surface area (Å²) in [6, 6.07) is 5.63. The van der Waals surface area contributed by atoms with E-state index in [4.69, 9.17) is 16.3 Å². The van der Waals surface area contributed by atoms with Crippen molar-refractivity contribution in [1.29, 1.82) is 0 Å². The Hall–Kier alpha value is -0.770. The number of para-hydroxylation sites is 1. The summed E-state index contributed by atoms with van der Waals surface area (Å²) in [5.41, 5.74) is 0.805. The molecule has 1 aromatic carbocycles. The molecule has 0 fully saturated rings. The van der Waals surface area contributed by atoms with Crippen molar-refractivity contribution in [2.24, 2.45) is 5.92 Å². The van der Waals surface area contributed by atoms with E-state index in [1.807, 2.05) is 12.1 Å². The van der Waals surface area contributed by atoms with Crippen molar-refractivity contribution in [3.05, 3.63) is 28.8 Å². The van der Waals surface area contributed by atoms with Crippen LogP contribution in [0.4, 0.5) is 0 Å². The van der Waals surface area contributed by atoms with E-state index in [1.54, 1.807) is 13.2 Å². The van der Waals surface area contributed by atoms with Crippen LogP contribution in [0.5, 0.6) is 5.75 Å². The highest BCUT2D eigenvalue weighted by Gasteiger charge is 2.13. The third kappa shape index (κ3) is 4.19. The van der Waals surface area contributed by atoms with Crippen LogP contribution in [0.1, 0.15) is 19.4 Å². The lowest BCUT2D eigenvalue weighted by Gasteiger charge is -2.22. The number of rotatable bonds is 6. The number of phenolic OH excluding ortho intramolecular Hbond substituents is 1. The van der Waals surface area contributed by atoms with Gasteiger partial charge < -0.3 is 15.2 Å². The largest absolute Gasteiger partial charge is 0.506 e. The van der Waals surface area contributed by atoms with Crippen molar-refractivity contribution in [1.82, 2.24) is 5.32 Å². The number of methoxy groups -OCH3 is 1. The normalized spacial score (nSPS) is 13.0. The SMILES string of the molecule is COCC(NCc1cccc(Cl)c1O)C(C)C. The molecule has 2 N–H and O–H groups in total. The van der Waals surface area contributed by atoms with Crippen molar-refractivity contribution in [3.8, 4) is 5.75 Å². The first-order valence-electron chi connectivity index (χ1n) is 5.75. The zero-order valence-electron chi connectivity index (χ0n) is 10.5. The fourth-order valence-corrected chi connectivity index (χ4v) is 1.80. The second-order valence-electron chi connectivity index (χ2n) is 4.43. The first kappa shape index (κ1) is 14.3. The molecule has 96 valence electrons. The van der Waals surface area contributed by atoms with Crippen molar-refractivity contribution in [2.45, 2.75) is 26.4 Å². The van der Waals surface area contributed by atoms with Gasteiger partial charge in [-0.2, -0.15) is 0 Å². The van der Waals surface area contributed by atoms with Gasteiger partial charge in [0.25, 0.3) is 0 Å². The van der Waals surface area contributed by atoms with Gasteiger partial charge in [-0.15, -0.1) is 0 Å². The van der Waals surface area contributed by atoms with Crippen LogP contribution in [-0.2, 0) is 11.3 Å². The highest BCUT2D eigenvalue weighted by atomic mass is 35.5. The fourth-order valence-electron chi connectivity index (χ4n) is 1.61. The lowest BCUT2D eigenvalue weighted by atomic mass is 10.0. The maximum atomic E-state index is 9.78. The molecular weight excluding hydrogens is 238 g/mol. The molecule has 0 spiro atoms. The Kier molecular flexibility index (Phi) is 5.75. The number of benzene rings is 1. The fraction of sp³-hybridized carbons (Fsp3) is 0.538. The molecule has 3 nitrogen and oxygen atoms in total. The van der Waals surface area contributed by atoms with Gasteiger partial charge in [0.2, 0.25) is 0 Å². The Morgan fingerprint density at radius 3 is 2.71 bits per heavy atom. The van der Waals surface area contributed by atoms with E-state index in [9.17, 15) is 5.11 Å². The topological polar surface area (TPSA) is 41.5 Å². The molecule has 0 heterocycles. The van der Waals surface area contributed by atoms with Gasteiger partial charge in [-0.3, -0.25) is 0 Å². The number of hydrogen-bond donors (Lipinski definition) is 2. The first-order chi connectivity index (χ1) is 8.06. The third-order valence-corrected chi connectivity index (χ3v) is 3.08. The number of ether oxygens (including phenoxy) is 1. The summed E-state index contributed by atoms with van der Waals surface area (Å²) < 4.78 is 5.16. The summed E-state index contributed by atoms with van der Waals surface area (Å²) in [7, 11) is 1.69. The lowest BCUT2D eigenvalue weighted by Crippen LogP contribution is -2.37. The first-order valence-corrected chi connectivity index (χ1v) is 6.12. The van der Waals surface area contributed by atoms with Crippen LogP contribution in [0.2, 0.25) is 5.02 Å². The van der Waals surface area contributed by atoms with Crippen LogP contribution >= 0.6 is 11.6 Å². The summed E-state index contributed by atoms with van der Waals surface area (Å²) >= 11 is 5.85. The maximum absolute atomic E-state index is 9.78. The van der Waals surface area contributed by atoms with Gasteiger partial charge >= 0.3 is 0 Å². The quantitative estimate of drug-likeness (QED) is 0.824. The predicted octanol–water partition coefficient (Wildman–Crippen LogP) is 2.81. The molecule has 0 aliphatic rings. The Labute approximate surface area is 108 Å². The molecule has 4 heteroatoms. The van der Waals surface area contributed by atoms with Crippen LogP contribution in [-0.4, -0.2) is 24.9 Å². The zero-order chi connectivity index (χ0) is 12.8. The molecule has 0 aliphatic carbocycles. The van der Waals surface area contributed by atoms with Crippen molar-refractivity contribution in [2.75, 3.05) is 13.7 Å². The molecule has 0 amide bonds. The van der Waals surface area contributed by atoms with Gasteiger partial charge in [-0.25, -0.2) is 0 Å². The molecule has 0 saturated heterocycles. The van der Waals surface area contributed by atoms with E-state index >= 15 is 0 Å². The van der Waals surface area contributed by atoms with Crippen LogP contribution in [0, 0.1) is 5.92 Å². The van der Waals surface area contributed by atoms with Crippen molar-refractivity contribution in [3.63, 3.8) is 0 Å². The minimum atomic E-state index is 0.154. The number of halogens is 1. The number of nitrogens with one attached hydrogen (secondary N) is 1. The molecule has 0 radical (unpaired) electrons. The number of phenols is 1. The van der Waals surface area contributed by atoms with Gasteiger partial charge in [0.05, 0.1) is 11.6 Å². The molecule has 0 aromatic heterocycles. The molecule has 17 heavy (non-hydrogen) atoms. The Morgan fingerprint density at radius 1 is 1.41 bits per heavy atom. The summed E-state index contributed by atoms with van der Waals surface area (Å²) in [5.74, 6) is 0.623. The predicted molar refractivity (Wildman–Crippen MR) is 70.5 cm³/mol. The minimum Gasteiger partial charge on any atom is -0.506 e. The average Bonchev–Trinajstić information content (AvgIpc) is 2.29. The van der Waals surface area contributed by atoms with Crippen LogP contribution < -0.4 is 5.32 Å². The maximum Gasteiger partial charge on any atom is 0.138 e. The zero-order valence-corrected chi connectivity index (χ0v) is 11.3. The summed E-state index contributed by atoms with van der Waals surface area (Å²) in [5, 5.41) is 13.5. The minimum absolute atomic E-state index is 0.154. The second-order valence-corrected chi connectivity index (χ2v) is 4.84. The monoisotopic (exact) mass is 257 g/mol. The standard InChI is InChI=1S/C13H20ClNO2/c1-9(2)12(8-17-3)15-7-10-5-4-6-11(14)13(10)16/h4-6,9,12,15-16H,7-8H2,1-3H3. The van der Waals surface area contributed by atoms with Gasteiger partial charge in [-0.05, 0) is 12.0 Å². The molecule has 1 aromatic rings.